The van der Waals surface area contributed by atoms with Crippen LogP contribution in [-0.2, 0) is 4.74 Å². The lowest BCUT2D eigenvalue weighted by Gasteiger charge is -2.17. The van der Waals surface area contributed by atoms with Crippen molar-refractivity contribution in [3.05, 3.63) is 35.4 Å². The third-order valence-corrected chi connectivity index (χ3v) is 2.90. The Morgan fingerprint density at radius 3 is 2.53 bits per heavy atom. The topological polar surface area (TPSA) is 9.23 Å². The SMILES string of the molecule is Cc1ccccc1C(CI)OCC(F)F. The van der Waals surface area contributed by atoms with Crippen molar-refractivity contribution in [1.29, 1.82) is 0 Å². The molecule has 1 unspecified atom stereocenters. The van der Waals surface area contributed by atoms with Gasteiger partial charge in [0.15, 0.2) is 0 Å². The molecule has 0 bridgehead atoms. The third kappa shape index (κ3) is 4.03. The maximum atomic E-state index is 12.0. The van der Waals surface area contributed by atoms with E-state index in [2.05, 4.69) is 22.6 Å². The lowest BCUT2D eigenvalue weighted by atomic mass is 10.0. The van der Waals surface area contributed by atoms with Crippen LogP contribution in [0.15, 0.2) is 24.3 Å². The first-order chi connectivity index (χ1) is 7.15. The molecule has 0 spiro atoms. The number of hydrogen-bond donors (Lipinski definition) is 0. The maximum Gasteiger partial charge on any atom is 0.261 e. The minimum atomic E-state index is -2.40. The van der Waals surface area contributed by atoms with Gasteiger partial charge in [0.2, 0.25) is 0 Å². The van der Waals surface area contributed by atoms with Gasteiger partial charge in [0.05, 0.1) is 6.10 Å². The molecule has 0 aliphatic carbocycles. The van der Waals surface area contributed by atoms with Crippen molar-refractivity contribution in [2.75, 3.05) is 11.0 Å². The minimum absolute atomic E-state index is 0.235. The van der Waals surface area contributed by atoms with E-state index in [1.807, 2.05) is 31.2 Å². The fraction of sp³-hybridized carbons (Fsp3) is 0.455. The number of hydrogen-bond acceptors (Lipinski definition) is 1. The van der Waals surface area contributed by atoms with Gasteiger partial charge in [-0.25, -0.2) is 8.78 Å². The first kappa shape index (κ1) is 12.8. The van der Waals surface area contributed by atoms with Crippen LogP contribution in [0.4, 0.5) is 8.78 Å². The van der Waals surface area contributed by atoms with Gasteiger partial charge in [-0.05, 0) is 18.1 Å². The highest BCUT2D eigenvalue weighted by molar-refractivity contribution is 14.1. The zero-order chi connectivity index (χ0) is 11.3. The summed E-state index contributed by atoms with van der Waals surface area (Å²) < 4.78 is 29.9. The van der Waals surface area contributed by atoms with Crippen LogP contribution in [0.5, 0.6) is 0 Å². The van der Waals surface area contributed by atoms with E-state index in [1.54, 1.807) is 0 Å². The number of aryl methyl sites for hydroxylation is 1. The van der Waals surface area contributed by atoms with Crippen LogP contribution < -0.4 is 0 Å². The molecule has 15 heavy (non-hydrogen) atoms. The molecule has 4 heteroatoms. The zero-order valence-electron chi connectivity index (χ0n) is 8.42. The van der Waals surface area contributed by atoms with Gasteiger partial charge in [-0.1, -0.05) is 46.9 Å². The molecule has 0 amide bonds. The molecule has 1 aromatic rings. The molecule has 0 aliphatic heterocycles. The van der Waals surface area contributed by atoms with Crippen molar-refractivity contribution < 1.29 is 13.5 Å². The molecular formula is C11H13F2IO. The van der Waals surface area contributed by atoms with Crippen LogP contribution in [0.3, 0.4) is 0 Å². The van der Waals surface area contributed by atoms with E-state index in [1.165, 1.54) is 0 Å². The fourth-order valence-electron chi connectivity index (χ4n) is 1.35. The second-order valence-corrected chi connectivity index (χ2v) is 4.10. The molecule has 0 heterocycles. The summed E-state index contributed by atoms with van der Waals surface area (Å²) in [5.41, 5.74) is 2.07. The lowest BCUT2D eigenvalue weighted by Crippen LogP contribution is -2.12. The minimum Gasteiger partial charge on any atom is -0.367 e. The second kappa shape index (κ2) is 6.37. The second-order valence-electron chi connectivity index (χ2n) is 3.22. The van der Waals surface area contributed by atoms with Crippen molar-refractivity contribution in [3.63, 3.8) is 0 Å². The predicted molar refractivity (Wildman–Crippen MR) is 64.8 cm³/mol. The Morgan fingerprint density at radius 2 is 2.00 bits per heavy atom. The molecule has 0 aromatic heterocycles. The maximum absolute atomic E-state index is 12.0. The van der Waals surface area contributed by atoms with Crippen molar-refractivity contribution in [3.8, 4) is 0 Å². The lowest BCUT2D eigenvalue weighted by molar-refractivity contribution is -0.0155. The molecule has 0 radical (unpaired) electrons. The van der Waals surface area contributed by atoms with E-state index in [9.17, 15) is 8.78 Å². The number of ether oxygens (including phenoxy) is 1. The normalized spacial score (nSPS) is 13.1. The molecule has 1 aromatic carbocycles. The standard InChI is InChI=1S/C11H13F2IO/c1-8-4-2-3-5-9(8)10(6-14)15-7-11(12)13/h2-5,10-11H,6-7H2,1H3. The van der Waals surface area contributed by atoms with Gasteiger partial charge in [0.1, 0.15) is 6.61 Å². The Morgan fingerprint density at radius 1 is 1.33 bits per heavy atom. The molecule has 0 aliphatic rings. The molecular weight excluding hydrogens is 313 g/mol. The third-order valence-electron chi connectivity index (χ3n) is 2.10. The fourth-order valence-corrected chi connectivity index (χ4v) is 2.08. The largest absolute Gasteiger partial charge is 0.367 e. The summed E-state index contributed by atoms with van der Waals surface area (Å²) in [6, 6.07) is 7.70. The molecule has 84 valence electrons. The molecule has 0 saturated carbocycles. The quantitative estimate of drug-likeness (QED) is 0.591. The van der Waals surface area contributed by atoms with E-state index in [0.29, 0.717) is 4.43 Å². The average molecular weight is 326 g/mol. The highest BCUT2D eigenvalue weighted by atomic mass is 127. The monoisotopic (exact) mass is 326 g/mol. The number of alkyl halides is 3. The van der Waals surface area contributed by atoms with Crippen molar-refractivity contribution >= 4 is 22.6 Å². The van der Waals surface area contributed by atoms with E-state index in [4.69, 9.17) is 4.74 Å². The van der Waals surface area contributed by atoms with Crippen molar-refractivity contribution in [2.45, 2.75) is 19.5 Å². The van der Waals surface area contributed by atoms with E-state index in [-0.39, 0.29) is 6.10 Å². The Balaban J connectivity index is 2.70. The van der Waals surface area contributed by atoms with E-state index < -0.39 is 13.0 Å². The zero-order valence-corrected chi connectivity index (χ0v) is 10.6. The van der Waals surface area contributed by atoms with Crippen LogP contribution in [-0.4, -0.2) is 17.5 Å². The summed E-state index contributed by atoms with van der Waals surface area (Å²) in [6.45, 7) is 1.46. The highest BCUT2D eigenvalue weighted by Gasteiger charge is 2.14. The Kier molecular flexibility index (Phi) is 5.45. The highest BCUT2D eigenvalue weighted by Crippen LogP contribution is 2.23. The van der Waals surface area contributed by atoms with Gasteiger partial charge in [-0.2, -0.15) is 0 Å². The Hall–Kier alpha value is -0.230. The summed E-state index contributed by atoms with van der Waals surface area (Å²) >= 11 is 2.15. The molecule has 1 nitrogen and oxygen atoms in total. The molecule has 1 atom stereocenters. The number of rotatable bonds is 5. The van der Waals surface area contributed by atoms with Crippen LogP contribution >= 0.6 is 22.6 Å². The van der Waals surface area contributed by atoms with Crippen LogP contribution in [0.1, 0.15) is 17.2 Å². The smallest absolute Gasteiger partial charge is 0.261 e. The Labute approximate surface area is 102 Å². The van der Waals surface area contributed by atoms with Crippen molar-refractivity contribution in [1.82, 2.24) is 0 Å². The van der Waals surface area contributed by atoms with Crippen LogP contribution in [0, 0.1) is 6.92 Å². The molecule has 0 N–H and O–H groups in total. The number of halogens is 3. The summed E-state index contributed by atoms with van der Waals surface area (Å²) in [6.07, 6.45) is -2.64. The molecule has 1 rings (SSSR count). The summed E-state index contributed by atoms with van der Waals surface area (Å²) in [4.78, 5) is 0. The van der Waals surface area contributed by atoms with E-state index >= 15 is 0 Å². The summed E-state index contributed by atoms with van der Waals surface area (Å²) in [5.74, 6) is 0. The summed E-state index contributed by atoms with van der Waals surface area (Å²) in [7, 11) is 0. The Bertz CT molecular complexity index is 304. The first-order valence-corrected chi connectivity index (χ1v) is 6.19. The average Bonchev–Trinajstić information content (AvgIpc) is 2.21. The van der Waals surface area contributed by atoms with Gasteiger partial charge in [-0.3, -0.25) is 0 Å². The van der Waals surface area contributed by atoms with Crippen LogP contribution in [0.2, 0.25) is 0 Å². The van der Waals surface area contributed by atoms with Crippen molar-refractivity contribution in [2.24, 2.45) is 0 Å². The predicted octanol–water partition coefficient (Wildman–Crippen LogP) is 3.75. The van der Waals surface area contributed by atoms with Gasteiger partial charge < -0.3 is 4.74 Å². The van der Waals surface area contributed by atoms with Gasteiger partial charge in [-0.15, -0.1) is 0 Å². The van der Waals surface area contributed by atoms with Crippen LogP contribution in [0.25, 0.3) is 0 Å². The van der Waals surface area contributed by atoms with Gasteiger partial charge in [0.25, 0.3) is 6.43 Å². The van der Waals surface area contributed by atoms with Gasteiger partial charge in [0, 0.05) is 4.43 Å². The first-order valence-electron chi connectivity index (χ1n) is 4.66. The number of benzene rings is 1. The molecule has 0 fully saturated rings. The van der Waals surface area contributed by atoms with Gasteiger partial charge >= 0.3 is 0 Å². The van der Waals surface area contributed by atoms with E-state index in [0.717, 1.165) is 11.1 Å². The summed E-state index contributed by atoms with van der Waals surface area (Å²) in [5, 5.41) is 0. The molecule has 0 saturated heterocycles.